The molecule has 0 spiro atoms. The molecule has 1 N–H and O–H groups in total. The molecule has 0 aliphatic carbocycles. The highest BCUT2D eigenvalue weighted by atomic mass is 16.5. The number of nitrogens with zero attached hydrogens (tertiary/aromatic N) is 1. The summed E-state index contributed by atoms with van der Waals surface area (Å²) in [6, 6.07) is 15.0. The van der Waals surface area contributed by atoms with Gasteiger partial charge in [0, 0.05) is 5.69 Å². The highest BCUT2D eigenvalue weighted by Crippen LogP contribution is 2.18. The average molecular weight is 310 g/mol. The molecule has 6 heteroatoms. The summed E-state index contributed by atoms with van der Waals surface area (Å²) < 4.78 is 10.0. The van der Waals surface area contributed by atoms with E-state index >= 15 is 0 Å². The van der Waals surface area contributed by atoms with Crippen molar-refractivity contribution in [1.29, 1.82) is 5.26 Å². The van der Waals surface area contributed by atoms with Crippen molar-refractivity contribution >= 4 is 17.6 Å². The Morgan fingerprint density at radius 1 is 1.13 bits per heavy atom. The van der Waals surface area contributed by atoms with Crippen molar-refractivity contribution in [2.24, 2.45) is 0 Å². The van der Waals surface area contributed by atoms with Crippen LogP contribution in [0.4, 0.5) is 5.69 Å². The smallest absolute Gasteiger partial charge is 0.341 e. The van der Waals surface area contributed by atoms with Crippen molar-refractivity contribution < 1.29 is 19.1 Å². The normalized spacial score (nSPS) is 9.57. The van der Waals surface area contributed by atoms with E-state index in [0.717, 1.165) is 0 Å². The number of hydrogen-bond donors (Lipinski definition) is 1. The fourth-order valence-electron chi connectivity index (χ4n) is 1.84. The first-order valence-corrected chi connectivity index (χ1v) is 6.74. The number of carbonyl (C=O) groups excluding carboxylic acids is 2. The van der Waals surface area contributed by atoms with Gasteiger partial charge in [-0.05, 0) is 36.4 Å². The van der Waals surface area contributed by atoms with Gasteiger partial charge < -0.3 is 14.8 Å². The van der Waals surface area contributed by atoms with Crippen molar-refractivity contribution in [3.8, 4) is 11.8 Å². The molecule has 2 rings (SSSR count). The summed E-state index contributed by atoms with van der Waals surface area (Å²) in [6.07, 6.45) is 0. The van der Waals surface area contributed by atoms with Crippen LogP contribution >= 0.6 is 0 Å². The van der Waals surface area contributed by atoms with Crippen LogP contribution in [0.3, 0.4) is 0 Å². The van der Waals surface area contributed by atoms with Crippen molar-refractivity contribution in [2.75, 3.05) is 19.0 Å². The Kier molecular flexibility index (Phi) is 5.31. The molecule has 2 aromatic carbocycles. The molecule has 0 saturated heterocycles. The van der Waals surface area contributed by atoms with Crippen LogP contribution in [0.25, 0.3) is 0 Å². The van der Waals surface area contributed by atoms with Crippen molar-refractivity contribution in [2.45, 2.75) is 0 Å². The van der Waals surface area contributed by atoms with Gasteiger partial charge in [-0.1, -0.05) is 12.1 Å². The molecular weight excluding hydrogens is 296 g/mol. The van der Waals surface area contributed by atoms with Crippen LogP contribution in [0.1, 0.15) is 15.9 Å². The first-order chi connectivity index (χ1) is 11.1. The van der Waals surface area contributed by atoms with Gasteiger partial charge in [0.1, 0.15) is 11.3 Å². The fourth-order valence-corrected chi connectivity index (χ4v) is 1.84. The first-order valence-electron chi connectivity index (χ1n) is 6.74. The zero-order valence-electron chi connectivity index (χ0n) is 12.4. The molecule has 2 aromatic rings. The van der Waals surface area contributed by atoms with Gasteiger partial charge in [0.15, 0.2) is 6.61 Å². The molecule has 1 amide bonds. The molecule has 0 aromatic heterocycles. The molecule has 0 saturated carbocycles. The number of anilines is 1. The van der Waals surface area contributed by atoms with Crippen molar-refractivity contribution in [3.05, 3.63) is 59.7 Å². The van der Waals surface area contributed by atoms with E-state index < -0.39 is 5.97 Å². The Morgan fingerprint density at radius 2 is 1.83 bits per heavy atom. The van der Waals surface area contributed by atoms with E-state index in [-0.39, 0.29) is 23.8 Å². The summed E-state index contributed by atoms with van der Waals surface area (Å²) in [5, 5.41) is 11.4. The Morgan fingerprint density at radius 3 is 2.48 bits per heavy atom. The maximum Gasteiger partial charge on any atom is 0.341 e. The monoisotopic (exact) mass is 310 g/mol. The van der Waals surface area contributed by atoms with Gasteiger partial charge in [0.25, 0.3) is 5.91 Å². The van der Waals surface area contributed by atoms with Gasteiger partial charge in [-0.3, -0.25) is 4.79 Å². The molecule has 0 radical (unpaired) electrons. The Labute approximate surface area is 133 Å². The molecule has 0 bridgehead atoms. The van der Waals surface area contributed by atoms with Crippen LogP contribution in [0.5, 0.6) is 5.75 Å². The van der Waals surface area contributed by atoms with Crippen LogP contribution < -0.4 is 10.1 Å². The van der Waals surface area contributed by atoms with Gasteiger partial charge in [0.05, 0.1) is 18.7 Å². The van der Waals surface area contributed by atoms with Gasteiger partial charge in [-0.15, -0.1) is 0 Å². The fraction of sp³-hybridized carbons (Fsp3) is 0.118. The van der Waals surface area contributed by atoms with Gasteiger partial charge in [-0.25, -0.2) is 4.79 Å². The predicted molar refractivity (Wildman–Crippen MR) is 83.1 cm³/mol. The van der Waals surface area contributed by atoms with Gasteiger partial charge in [-0.2, -0.15) is 5.26 Å². The van der Waals surface area contributed by atoms with Crippen LogP contribution in [-0.2, 0) is 9.53 Å². The molecule has 0 atom stereocenters. The molecule has 6 nitrogen and oxygen atoms in total. The van der Waals surface area contributed by atoms with E-state index in [2.05, 4.69) is 10.1 Å². The number of para-hydroxylation sites is 1. The summed E-state index contributed by atoms with van der Waals surface area (Å²) in [5.41, 5.74) is 1.31. The summed E-state index contributed by atoms with van der Waals surface area (Å²) in [6.45, 7) is -0.256. The first kappa shape index (κ1) is 16.0. The SMILES string of the molecule is COC(=O)c1ccccc1OCC(=O)Nc1ccc(C#N)cc1. The average Bonchev–Trinajstić information content (AvgIpc) is 2.60. The number of methoxy groups -OCH3 is 1. The molecule has 23 heavy (non-hydrogen) atoms. The van der Waals surface area contributed by atoms with E-state index in [9.17, 15) is 9.59 Å². The molecule has 0 heterocycles. The second kappa shape index (κ2) is 7.61. The maximum absolute atomic E-state index is 11.9. The third-order valence-corrected chi connectivity index (χ3v) is 2.95. The second-order valence-electron chi connectivity index (χ2n) is 4.51. The topological polar surface area (TPSA) is 88.4 Å². The lowest BCUT2D eigenvalue weighted by Crippen LogP contribution is -2.21. The summed E-state index contributed by atoms with van der Waals surface area (Å²) in [7, 11) is 1.27. The largest absolute Gasteiger partial charge is 0.483 e. The molecule has 0 aliphatic heterocycles. The van der Waals surface area contributed by atoms with Crippen LogP contribution in [0.2, 0.25) is 0 Å². The minimum absolute atomic E-state index is 0.251. The van der Waals surface area contributed by atoms with Gasteiger partial charge >= 0.3 is 5.97 Å². The van der Waals surface area contributed by atoms with Gasteiger partial charge in [0.2, 0.25) is 0 Å². The maximum atomic E-state index is 11.9. The molecule has 0 fully saturated rings. The lowest BCUT2D eigenvalue weighted by atomic mass is 10.2. The standard InChI is InChI=1S/C17H14N2O4/c1-22-17(21)14-4-2-3-5-15(14)23-11-16(20)19-13-8-6-12(10-18)7-9-13/h2-9H,11H2,1H3,(H,19,20). The van der Waals surface area contributed by atoms with Crippen molar-refractivity contribution in [3.63, 3.8) is 0 Å². The Hall–Kier alpha value is -3.33. The van der Waals surface area contributed by atoms with Crippen LogP contribution in [0, 0.1) is 11.3 Å². The lowest BCUT2D eigenvalue weighted by Gasteiger charge is -2.10. The molecule has 116 valence electrons. The quantitative estimate of drug-likeness (QED) is 0.856. The number of nitriles is 1. The number of carbonyl (C=O) groups is 2. The number of hydrogen-bond acceptors (Lipinski definition) is 5. The third-order valence-electron chi connectivity index (χ3n) is 2.95. The number of amides is 1. The molecule has 0 unspecified atom stereocenters. The van der Waals surface area contributed by atoms with E-state index in [1.54, 1.807) is 48.5 Å². The minimum atomic E-state index is -0.534. The van der Waals surface area contributed by atoms with E-state index in [1.807, 2.05) is 6.07 Å². The summed E-state index contributed by atoms with van der Waals surface area (Å²) in [4.78, 5) is 23.5. The molecular formula is C17H14N2O4. The number of esters is 1. The van der Waals surface area contributed by atoms with E-state index in [1.165, 1.54) is 7.11 Å². The molecule has 0 aliphatic rings. The highest BCUT2D eigenvalue weighted by Gasteiger charge is 2.13. The summed E-state index contributed by atoms with van der Waals surface area (Å²) >= 11 is 0. The lowest BCUT2D eigenvalue weighted by molar-refractivity contribution is -0.118. The Bertz CT molecular complexity index is 748. The number of nitrogens with one attached hydrogen (secondary N) is 1. The van der Waals surface area contributed by atoms with Crippen LogP contribution in [-0.4, -0.2) is 25.6 Å². The zero-order valence-corrected chi connectivity index (χ0v) is 12.4. The predicted octanol–water partition coefficient (Wildman–Crippen LogP) is 2.36. The minimum Gasteiger partial charge on any atom is -0.483 e. The number of rotatable bonds is 5. The van der Waals surface area contributed by atoms with E-state index in [4.69, 9.17) is 10.00 Å². The Balaban J connectivity index is 1.97. The second-order valence-corrected chi connectivity index (χ2v) is 4.51. The summed E-state index contributed by atoms with van der Waals surface area (Å²) in [5.74, 6) is -0.642. The van der Waals surface area contributed by atoms with E-state index in [0.29, 0.717) is 11.3 Å². The zero-order chi connectivity index (χ0) is 16.7. The van der Waals surface area contributed by atoms with Crippen LogP contribution in [0.15, 0.2) is 48.5 Å². The van der Waals surface area contributed by atoms with Crippen molar-refractivity contribution in [1.82, 2.24) is 0 Å². The highest BCUT2D eigenvalue weighted by molar-refractivity contribution is 5.94. The number of benzene rings is 2. The number of ether oxygens (including phenoxy) is 2. The third kappa shape index (κ3) is 4.32.